The van der Waals surface area contributed by atoms with Crippen LogP contribution in [0.1, 0.15) is 20.3 Å². The molecule has 3 nitrogen and oxygen atoms in total. The maximum absolute atomic E-state index is 5.58. The van der Waals surface area contributed by atoms with Gasteiger partial charge < -0.3 is 4.74 Å². The number of nitrogens with one attached hydrogen (secondary N) is 1. The maximum Gasteiger partial charge on any atom is 0.120 e. The number of hydrogen-bond acceptors (Lipinski definition) is 3. The first-order valence-electron chi connectivity index (χ1n) is 4.77. The summed E-state index contributed by atoms with van der Waals surface area (Å²) in [5.74, 6) is 0. The predicted octanol–water partition coefficient (Wildman–Crippen LogP) is 0.663. The van der Waals surface area contributed by atoms with E-state index in [9.17, 15) is 0 Å². The third-order valence-corrected chi connectivity index (χ3v) is 2.36. The van der Waals surface area contributed by atoms with Gasteiger partial charge in [-0.05, 0) is 27.3 Å². The highest BCUT2D eigenvalue weighted by molar-refractivity contribution is 4.70. The van der Waals surface area contributed by atoms with Crippen molar-refractivity contribution in [2.45, 2.75) is 32.5 Å². The topological polar surface area (TPSA) is 24.5 Å². The van der Waals surface area contributed by atoms with Gasteiger partial charge in [0.25, 0.3) is 0 Å². The summed E-state index contributed by atoms with van der Waals surface area (Å²) in [6, 6.07) is 0.627. The third-order valence-electron chi connectivity index (χ3n) is 2.36. The van der Waals surface area contributed by atoms with Crippen molar-refractivity contribution >= 4 is 0 Å². The molecule has 72 valence electrons. The minimum absolute atomic E-state index is 0.218. The normalized spacial score (nSPS) is 27.5. The van der Waals surface area contributed by atoms with Crippen LogP contribution >= 0.6 is 0 Å². The number of ether oxygens (including phenoxy) is 1. The lowest BCUT2D eigenvalue weighted by atomic mass is 10.3. The minimum atomic E-state index is 0.218. The molecule has 1 unspecified atom stereocenters. The quantitative estimate of drug-likeness (QED) is 0.662. The van der Waals surface area contributed by atoms with E-state index in [1.165, 1.54) is 0 Å². The van der Waals surface area contributed by atoms with Crippen molar-refractivity contribution in [3.05, 3.63) is 0 Å². The smallest absolute Gasteiger partial charge is 0.120 e. The lowest BCUT2D eigenvalue weighted by Gasteiger charge is -2.26. The molecule has 0 aliphatic carbocycles. The van der Waals surface area contributed by atoms with Crippen molar-refractivity contribution in [3.63, 3.8) is 0 Å². The average molecular weight is 172 g/mol. The van der Waals surface area contributed by atoms with Gasteiger partial charge in [0.1, 0.15) is 6.23 Å². The molecule has 1 N–H and O–H groups in total. The van der Waals surface area contributed by atoms with Gasteiger partial charge in [-0.1, -0.05) is 0 Å². The van der Waals surface area contributed by atoms with E-state index in [-0.39, 0.29) is 6.23 Å². The zero-order chi connectivity index (χ0) is 8.97. The highest BCUT2D eigenvalue weighted by Gasteiger charge is 2.18. The SMILES string of the molecule is CNC1CN(C(C)C)CCCO1. The molecule has 3 heteroatoms. The molecule has 0 aromatic carbocycles. The Labute approximate surface area is 75.1 Å². The summed E-state index contributed by atoms with van der Waals surface area (Å²) >= 11 is 0. The molecule has 1 fully saturated rings. The Morgan fingerprint density at radius 3 is 2.83 bits per heavy atom. The maximum atomic E-state index is 5.58. The second-order valence-corrected chi connectivity index (χ2v) is 3.59. The lowest BCUT2D eigenvalue weighted by molar-refractivity contribution is 0.0321. The van der Waals surface area contributed by atoms with Crippen LogP contribution in [-0.4, -0.2) is 43.9 Å². The first-order valence-corrected chi connectivity index (χ1v) is 4.77. The number of nitrogens with zero attached hydrogens (tertiary/aromatic N) is 1. The predicted molar refractivity (Wildman–Crippen MR) is 50.1 cm³/mol. The Hall–Kier alpha value is -0.120. The third kappa shape index (κ3) is 2.73. The van der Waals surface area contributed by atoms with Crippen molar-refractivity contribution in [1.82, 2.24) is 10.2 Å². The van der Waals surface area contributed by atoms with Crippen LogP contribution in [0, 0.1) is 0 Å². The van der Waals surface area contributed by atoms with Crippen molar-refractivity contribution in [2.24, 2.45) is 0 Å². The molecule has 1 aliphatic heterocycles. The Morgan fingerprint density at radius 2 is 2.25 bits per heavy atom. The van der Waals surface area contributed by atoms with Gasteiger partial charge in [0.2, 0.25) is 0 Å². The standard InChI is InChI=1S/C9H20N2O/c1-8(2)11-5-4-6-12-9(7-11)10-3/h8-10H,4-7H2,1-3H3. The number of hydrogen-bond donors (Lipinski definition) is 1. The summed E-state index contributed by atoms with van der Waals surface area (Å²) in [4.78, 5) is 2.45. The zero-order valence-electron chi connectivity index (χ0n) is 8.34. The molecule has 1 rings (SSSR count). The van der Waals surface area contributed by atoms with Crippen molar-refractivity contribution in [2.75, 3.05) is 26.7 Å². The van der Waals surface area contributed by atoms with E-state index in [2.05, 4.69) is 24.1 Å². The largest absolute Gasteiger partial charge is 0.362 e. The average Bonchev–Trinajstić information content (AvgIpc) is 2.28. The molecule has 1 heterocycles. The fourth-order valence-corrected chi connectivity index (χ4v) is 1.49. The van der Waals surface area contributed by atoms with Gasteiger partial charge >= 0.3 is 0 Å². The van der Waals surface area contributed by atoms with Crippen LogP contribution in [0.15, 0.2) is 0 Å². The van der Waals surface area contributed by atoms with Crippen molar-refractivity contribution < 1.29 is 4.74 Å². The monoisotopic (exact) mass is 172 g/mol. The van der Waals surface area contributed by atoms with E-state index in [0.717, 1.165) is 26.1 Å². The molecule has 0 bridgehead atoms. The van der Waals surface area contributed by atoms with Gasteiger partial charge in [-0.2, -0.15) is 0 Å². The van der Waals surface area contributed by atoms with Crippen LogP contribution in [0.25, 0.3) is 0 Å². The van der Waals surface area contributed by atoms with Gasteiger partial charge in [0.05, 0.1) is 0 Å². The lowest BCUT2D eigenvalue weighted by Crippen LogP contribution is -2.42. The van der Waals surface area contributed by atoms with Crippen LogP contribution in [0.5, 0.6) is 0 Å². The van der Waals surface area contributed by atoms with E-state index in [1.807, 2.05) is 7.05 Å². The minimum Gasteiger partial charge on any atom is -0.362 e. The second-order valence-electron chi connectivity index (χ2n) is 3.59. The molecule has 0 amide bonds. The van der Waals surface area contributed by atoms with Gasteiger partial charge in [0, 0.05) is 25.7 Å². The number of likely N-dealkylation sites (N-methyl/N-ethyl adjacent to an activating group) is 1. The molecular weight excluding hydrogens is 152 g/mol. The molecule has 1 saturated heterocycles. The van der Waals surface area contributed by atoms with E-state index in [4.69, 9.17) is 4.74 Å². The van der Waals surface area contributed by atoms with Crippen LogP contribution < -0.4 is 5.32 Å². The summed E-state index contributed by atoms with van der Waals surface area (Å²) in [5, 5.41) is 3.16. The summed E-state index contributed by atoms with van der Waals surface area (Å²) in [6.45, 7) is 7.52. The Morgan fingerprint density at radius 1 is 1.50 bits per heavy atom. The van der Waals surface area contributed by atoms with E-state index in [1.54, 1.807) is 0 Å². The van der Waals surface area contributed by atoms with E-state index >= 15 is 0 Å². The van der Waals surface area contributed by atoms with Crippen LogP contribution in [-0.2, 0) is 4.74 Å². The van der Waals surface area contributed by atoms with Crippen LogP contribution in [0.2, 0.25) is 0 Å². The Kier molecular flexibility index (Phi) is 3.98. The molecule has 0 spiro atoms. The fraction of sp³-hybridized carbons (Fsp3) is 1.00. The summed E-state index contributed by atoms with van der Waals surface area (Å²) in [7, 11) is 1.95. The summed E-state index contributed by atoms with van der Waals surface area (Å²) in [5.41, 5.74) is 0. The van der Waals surface area contributed by atoms with Gasteiger partial charge in [-0.25, -0.2) is 0 Å². The molecule has 1 aliphatic rings. The van der Waals surface area contributed by atoms with Gasteiger partial charge in [-0.3, -0.25) is 10.2 Å². The highest BCUT2D eigenvalue weighted by atomic mass is 16.5. The molecular formula is C9H20N2O. The van der Waals surface area contributed by atoms with Gasteiger partial charge in [-0.15, -0.1) is 0 Å². The van der Waals surface area contributed by atoms with Crippen LogP contribution in [0.3, 0.4) is 0 Å². The zero-order valence-corrected chi connectivity index (χ0v) is 8.34. The fourth-order valence-electron chi connectivity index (χ4n) is 1.49. The molecule has 1 atom stereocenters. The van der Waals surface area contributed by atoms with Crippen LogP contribution in [0.4, 0.5) is 0 Å². The first kappa shape index (κ1) is 9.96. The molecule has 0 saturated carbocycles. The van der Waals surface area contributed by atoms with Crippen molar-refractivity contribution in [3.8, 4) is 0 Å². The highest BCUT2D eigenvalue weighted by Crippen LogP contribution is 2.06. The van der Waals surface area contributed by atoms with Gasteiger partial charge in [0.15, 0.2) is 0 Å². The van der Waals surface area contributed by atoms with E-state index < -0.39 is 0 Å². The van der Waals surface area contributed by atoms with Crippen molar-refractivity contribution in [1.29, 1.82) is 0 Å². The molecule has 0 radical (unpaired) electrons. The summed E-state index contributed by atoms with van der Waals surface area (Å²) in [6.07, 6.45) is 1.37. The number of rotatable bonds is 2. The Balaban J connectivity index is 2.42. The Bertz CT molecular complexity index is 128. The summed E-state index contributed by atoms with van der Waals surface area (Å²) < 4.78 is 5.58. The van der Waals surface area contributed by atoms with E-state index in [0.29, 0.717) is 6.04 Å². The molecule has 0 aromatic heterocycles. The molecule has 12 heavy (non-hydrogen) atoms. The molecule has 0 aromatic rings. The first-order chi connectivity index (χ1) is 5.74. The second kappa shape index (κ2) is 4.80.